The lowest BCUT2D eigenvalue weighted by Gasteiger charge is -2.08. The van der Waals surface area contributed by atoms with Crippen molar-refractivity contribution in [3.8, 4) is 11.5 Å². The molecule has 4 rings (SSSR count). The molecule has 1 amide bonds. The van der Waals surface area contributed by atoms with Gasteiger partial charge in [0.15, 0.2) is 0 Å². The van der Waals surface area contributed by atoms with Crippen LogP contribution in [0.5, 0.6) is 11.5 Å². The molecule has 0 bridgehead atoms. The summed E-state index contributed by atoms with van der Waals surface area (Å²) < 4.78 is 7.47. The third-order valence-electron chi connectivity index (χ3n) is 3.75. The predicted molar refractivity (Wildman–Crippen MR) is 96.1 cm³/mol. The average molecular weight is 329 g/mol. The number of nitrogens with one attached hydrogen (secondary N) is 1. The average Bonchev–Trinajstić information content (AvgIpc) is 3.11. The topological polar surface area (TPSA) is 55.6 Å². The highest BCUT2D eigenvalue weighted by Gasteiger charge is 2.07. The zero-order valence-corrected chi connectivity index (χ0v) is 13.3. The normalized spacial score (nSPS) is 10.6. The van der Waals surface area contributed by atoms with Crippen LogP contribution in [0.4, 0.5) is 5.69 Å². The van der Waals surface area contributed by atoms with E-state index >= 15 is 0 Å². The van der Waals surface area contributed by atoms with Crippen molar-refractivity contribution in [1.29, 1.82) is 0 Å². The predicted octanol–water partition coefficient (Wildman–Crippen LogP) is 4.38. The van der Waals surface area contributed by atoms with Crippen molar-refractivity contribution in [3.05, 3.63) is 90.8 Å². The van der Waals surface area contributed by atoms with Gasteiger partial charge in [-0.25, -0.2) is 4.52 Å². The Hall–Kier alpha value is -3.60. The maximum Gasteiger partial charge on any atom is 0.255 e. The van der Waals surface area contributed by atoms with Crippen LogP contribution in [0.15, 0.2) is 85.2 Å². The van der Waals surface area contributed by atoms with Crippen LogP contribution in [-0.2, 0) is 0 Å². The van der Waals surface area contributed by atoms with E-state index in [0.717, 1.165) is 17.0 Å². The van der Waals surface area contributed by atoms with Crippen LogP contribution in [0, 0.1) is 0 Å². The third-order valence-corrected chi connectivity index (χ3v) is 3.75. The van der Waals surface area contributed by atoms with Crippen molar-refractivity contribution in [2.75, 3.05) is 5.32 Å². The summed E-state index contributed by atoms with van der Waals surface area (Å²) >= 11 is 0. The van der Waals surface area contributed by atoms with Crippen LogP contribution >= 0.6 is 0 Å². The van der Waals surface area contributed by atoms with Gasteiger partial charge < -0.3 is 10.1 Å². The minimum absolute atomic E-state index is 0.171. The summed E-state index contributed by atoms with van der Waals surface area (Å²) in [6.07, 6.45) is 3.52. The molecule has 0 aliphatic carbocycles. The fourth-order valence-corrected chi connectivity index (χ4v) is 2.50. The molecule has 0 saturated carbocycles. The van der Waals surface area contributed by atoms with Crippen LogP contribution in [0.3, 0.4) is 0 Å². The van der Waals surface area contributed by atoms with Crippen molar-refractivity contribution in [2.45, 2.75) is 0 Å². The van der Waals surface area contributed by atoms with E-state index in [0.29, 0.717) is 11.3 Å². The maximum absolute atomic E-state index is 12.4. The molecule has 122 valence electrons. The number of hydrogen-bond donors (Lipinski definition) is 1. The van der Waals surface area contributed by atoms with E-state index in [4.69, 9.17) is 4.74 Å². The Morgan fingerprint density at radius 3 is 2.48 bits per heavy atom. The van der Waals surface area contributed by atoms with Crippen LogP contribution < -0.4 is 10.1 Å². The van der Waals surface area contributed by atoms with E-state index < -0.39 is 0 Å². The lowest BCUT2D eigenvalue weighted by Crippen LogP contribution is -2.11. The first kappa shape index (κ1) is 15.0. The van der Waals surface area contributed by atoms with E-state index in [2.05, 4.69) is 10.4 Å². The van der Waals surface area contributed by atoms with Crippen LogP contribution in [-0.4, -0.2) is 15.5 Å². The number of amides is 1. The summed E-state index contributed by atoms with van der Waals surface area (Å²) in [5.41, 5.74) is 2.21. The summed E-state index contributed by atoms with van der Waals surface area (Å²) in [5.74, 6) is 1.27. The third kappa shape index (κ3) is 3.35. The van der Waals surface area contributed by atoms with Crippen LogP contribution in [0.2, 0.25) is 0 Å². The fraction of sp³-hybridized carbons (Fsp3) is 0. The van der Waals surface area contributed by atoms with Crippen molar-refractivity contribution < 1.29 is 9.53 Å². The zero-order chi connectivity index (χ0) is 17.1. The Morgan fingerprint density at radius 2 is 1.68 bits per heavy atom. The fourth-order valence-electron chi connectivity index (χ4n) is 2.50. The zero-order valence-electron chi connectivity index (χ0n) is 13.3. The molecule has 1 N–H and O–H groups in total. The number of benzene rings is 2. The van der Waals surface area contributed by atoms with Gasteiger partial charge >= 0.3 is 0 Å². The van der Waals surface area contributed by atoms with Crippen molar-refractivity contribution in [2.24, 2.45) is 0 Å². The number of anilines is 1. The molecule has 0 radical (unpaired) electrons. The number of nitrogens with zero attached hydrogens (tertiary/aromatic N) is 2. The Balaban J connectivity index is 1.46. The number of pyridine rings is 1. The first-order chi connectivity index (χ1) is 12.3. The number of ether oxygens (including phenoxy) is 1. The first-order valence-electron chi connectivity index (χ1n) is 7.86. The molecule has 0 spiro atoms. The summed E-state index contributed by atoms with van der Waals surface area (Å²) in [6.45, 7) is 0. The maximum atomic E-state index is 12.4. The van der Waals surface area contributed by atoms with Gasteiger partial charge in [0.2, 0.25) is 0 Å². The van der Waals surface area contributed by atoms with Crippen LogP contribution in [0.25, 0.3) is 5.52 Å². The van der Waals surface area contributed by atoms with Gasteiger partial charge in [-0.05, 0) is 54.6 Å². The van der Waals surface area contributed by atoms with Gasteiger partial charge in [-0.2, -0.15) is 5.10 Å². The molecule has 0 unspecified atom stereocenters. The van der Waals surface area contributed by atoms with E-state index in [1.165, 1.54) is 0 Å². The van der Waals surface area contributed by atoms with Gasteiger partial charge in [0.1, 0.15) is 11.5 Å². The Labute approximate surface area is 144 Å². The molecule has 0 saturated heterocycles. The minimum Gasteiger partial charge on any atom is -0.457 e. The Kier molecular flexibility index (Phi) is 3.88. The Bertz CT molecular complexity index is 1010. The van der Waals surface area contributed by atoms with Gasteiger partial charge in [0, 0.05) is 23.6 Å². The smallest absolute Gasteiger partial charge is 0.255 e. The molecule has 5 nitrogen and oxygen atoms in total. The van der Waals surface area contributed by atoms with Gasteiger partial charge in [0.05, 0.1) is 5.52 Å². The summed E-state index contributed by atoms with van der Waals surface area (Å²) in [5, 5.41) is 7.02. The van der Waals surface area contributed by atoms with Crippen molar-refractivity contribution in [1.82, 2.24) is 9.61 Å². The summed E-state index contributed by atoms with van der Waals surface area (Å²) in [4.78, 5) is 12.4. The molecule has 4 aromatic rings. The lowest BCUT2D eigenvalue weighted by atomic mass is 10.2. The highest BCUT2D eigenvalue weighted by atomic mass is 16.5. The summed E-state index contributed by atoms with van der Waals surface area (Å²) in [7, 11) is 0. The lowest BCUT2D eigenvalue weighted by molar-refractivity contribution is 0.102. The number of carbonyl (C=O) groups excluding carboxylic acids is 1. The van der Waals surface area contributed by atoms with Gasteiger partial charge in [-0.15, -0.1) is 0 Å². The highest BCUT2D eigenvalue weighted by Crippen LogP contribution is 2.21. The van der Waals surface area contributed by atoms with Gasteiger partial charge in [-0.1, -0.05) is 18.2 Å². The van der Waals surface area contributed by atoms with Crippen LogP contribution in [0.1, 0.15) is 10.4 Å². The molecule has 2 heterocycles. The molecule has 5 heteroatoms. The number of carbonyl (C=O) groups is 1. The molecule has 2 aromatic heterocycles. The number of hydrogen-bond acceptors (Lipinski definition) is 3. The van der Waals surface area contributed by atoms with E-state index in [1.54, 1.807) is 35.0 Å². The largest absolute Gasteiger partial charge is 0.457 e. The second-order valence-electron chi connectivity index (χ2n) is 5.51. The molecule has 0 atom stereocenters. The van der Waals surface area contributed by atoms with Crippen molar-refractivity contribution in [3.63, 3.8) is 0 Å². The number of fused-ring (bicyclic) bond motifs is 1. The second-order valence-corrected chi connectivity index (χ2v) is 5.51. The van der Waals surface area contributed by atoms with E-state index in [1.807, 2.05) is 54.7 Å². The molecule has 0 aliphatic rings. The quantitative estimate of drug-likeness (QED) is 0.604. The molecule has 2 aromatic carbocycles. The van der Waals surface area contributed by atoms with E-state index in [9.17, 15) is 4.79 Å². The first-order valence-corrected chi connectivity index (χ1v) is 7.86. The number of para-hydroxylation sites is 1. The number of rotatable bonds is 4. The van der Waals surface area contributed by atoms with Gasteiger partial charge in [0.25, 0.3) is 5.91 Å². The standard InChI is InChI=1S/C20H15N3O2/c24-20(22-16-11-13-23-17(14-16)10-12-21-23)15-6-8-19(9-7-15)25-18-4-2-1-3-5-18/h1-14H,(H,22,24). The number of aromatic nitrogens is 2. The highest BCUT2D eigenvalue weighted by molar-refractivity contribution is 6.04. The molecular formula is C20H15N3O2. The minimum atomic E-state index is -0.171. The molecule has 25 heavy (non-hydrogen) atoms. The molecular weight excluding hydrogens is 314 g/mol. The van der Waals surface area contributed by atoms with Gasteiger partial charge in [-0.3, -0.25) is 4.79 Å². The SMILES string of the molecule is O=C(Nc1ccn2nccc2c1)c1ccc(Oc2ccccc2)cc1. The summed E-state index contributed by atoms with van der Waals surface area (Å²) in [6, 6.07) is 22.1. The molecule has 0 aliphatic heterocycles. The second kappa shape index (κ2) is 6.49. The Morgan fingerprint density at radius 1 is 0.920 bits per heavy atom. The van der Waals surface area contributed by atoms with E-state index in [-0.39, 0.29) is 5.91 Å². The van der Waals surface area contributed by atoms with Crippen molar-refractivity contribution >= 4 is 17.1 Å². The molecule has 0 fully saturated rings. The monoisotopic (exact) mass is 329 g/mol.